The first kappa shape index (κ1) is 18.9. The lowest BCUT2D eigenvalue weighted by atomic mass is 9.82. The van der Waals surface area contributed by atoms with Gasteiger partial charge in [0.2, 0.25) is 5.91 Å². The first-order valence-electron chi connectivity index (χ1n) is 8.67. The molecule has 0 bridgehead atoms. The summed E-state index contributed by atoms with van der Waals surface area (Å²) in [5.41, 5.74) is 2.81. The summed E-state index contributed by atoms with van der Waals surface area (Å²) in [5, 5.41) is 4.63. The lowest BCUT2D eigenvalue weighted by Gasteiger charge is -2.24. The molecule has 0 aliphatic heterocycles. The van der Waals surface area contributed by atoms with Gasteiger partial charge in [-0.15, -0.1) is 0 Å². The topological polar surface area (TPSA) is 58.2 Å². The summed E-state index contributed by atoms with van der Waals surface area (Å²) in [6.07, 6.45) is -1.80. The molecule has 2 aromatic carbocycles. The number of benzene rings is 2. The second kappa shape index (κ2) is 7.82. The van der Waals surface area contributed by atoms with E-state index in [-0.39, 0.29) is 17.4 Å². The molecule has 27 heavy (non-hydrogen) atoms. The van der Waals surface area contributed by atoms with Crippen LogP contribution in [0.4, 0.5) is 18.9 Å². The lowest BCUT2D eigenvalue weighted by molar-refractivity contribution is -0.123. The normalized spacial score (nSPS) is 16.3. The molecule has 1 aliphatic carbocycles. The van der Waals surface area contributed by atoms with Gasteiger partial charge in [-0.05, 0) is 54.7 Å². The number of amides is 2. The van der Waals surface area contributed by atoms with Gasteiger partial charge in [-0.25, -0.2) is 0 Å². The number of halogens is 3. The predicted octanol–water partition coefficient (Wildman–Crippen LogP) is 4.04. The van der Waals surface area contributed by atoms with Gasteiger partial charge in [0.15, 0.2) is 0 Å². The standard InChI is InChI=1S/C20H19F3N2O2/c21-20(22,23)12-24-18(26)14-8-10-15(11-9-14)25-19(27)17-7-3-5-13-4-1-2-6-16(13)17/h1-2,4,6,8-11,17H,3,5,7,12H2,(H,24,26)(H,25,27). The van der Waals surface area contributed by atoms with Gasteiger partial charge in [0.25, 0.3) is 5.91 Å². The van der Waals surface area contributed by atoms with Gasteiger partial charge in [0.05, 0.1) is 5.92 Å². The van der Waals surface area contributed by atoms with Crippen LogP contribution in [0.15, 0.2) is 48.5 Å². The highest BCUT2D eigenvalue weighted by Gasteiger charge is 2.28. The number of carbonyl (C=O) groups is 2. The Morgan fingerprint density at radius 1 is 1.04 bits per heavy atom. The third-order valence-electron chi connectivity index (χ3n) is 4.55. The summed E-state index contributed by atoms with van der Waals surface area (Å²) in [6, 6.07) is 13.7. The third kappa shape index (κ3) is 4.87. The van der Waals surface area contributed by atoms with Crippen molar-refractivity contribution in [2.75, 3.05) is 11.9 Å². The Kier molecular flexibility index (Phi) is 5.48. The molecule has 4 nitrogen and oxygen atoms in total. The molecule has 0 aromatic heterocycles. The van der Waals surface area contributed by atoms with E-state index >= 15 is 0 Å². The highest BCUT2D eigenvalue weighted by molar-refractivity contribution is 5.98. The molecule has 2 N–H and O–H groups in total. The van der Waals surface area contributed by atoms with Gasteiger partial charge < -0.3 is 10.6 Å². The average molecular weight is 376 g/mol. The number of carbonyl (C=O) groups excluding carboxylic acids is 2. The van der Waals surface area contributed by atoms with Gasteiger partial charge in [-0.1, -0.05) is 24.3 Å². The van der Waals surface area contributed by atoms with Crippen LogP contribution in [0.25, 0.3) is 0 Å². The molecular formula is C20H19F3N2O2. The highest BCUT2D eigenvalue weighted by atomic mass is 19.4. The summed E-state index contributed by atoms with van der Waals surface area (Å²) < 4.78 is 36.5. The van der Waals surface area contributed by atoms with Crippen LogP contribution in [0, 0.1) is 0 Å². The zero-order chi connectivity index (χ0) is 19.4. The van der Waals surface area contributed by atoms with Crippen LogP contribution in [0.5, 0.6) is 0 Å². The Hall–Kier alpha value is -2.83. The van der Waals surface area contributed by atoms with E-state index in [0.29, 0.717) is 5.69 Å². The molecule has 0 saturated heterocycles. The fourth-order valence-corrected chi connectivity index (χ4v) is 3.24. The Labute approximate surface area is 154 Å². The van der Waals surface area contributed by atoms with E-state index in [1.54, 1.807) is 0 Å². The number of hydrogen-bond donors (Lipinski definition) is 2. The average Bonchev–Trinajstić information content (AvgIpc) is 2.65. The second-order valence-corrected chi connectivity index (χ2v) is 6.51. The number of fused-ring (bicyclic) bond motifs is 1. The number of rotatable bonds is 4. The molecule has 7 heteroatoms. The molecule has 0 heterocycles. The molecule has 1 unspecified atom stereocenters. The van der Waals surface area contributed by atoms with Crippen molar-refractivity contribution in [3.05, 3.63) is 65.2 Å². The van der Waals surface area contributed by atoms with Crippen LogP contribution < -0.4 is 10.6 Å². The SMILES string of the molecule is O=C(NCC(F)(F)F)c1ccc(NC(=O)C2CCCc3ccccc32)cc1. The van der Waals surface area contributed by atoms with Crippen LogP contribution in [-0.2, 0) is 11.2 Å². The molecule has 2 aromatic rings. The third-order valence-corrected chi connectivity index (χ3v) is 4.55. The first-order chi connectivity index (χ1) is 12.8. The number of nitrogens with one attached hydrogen (secondary N) is 2. The van der Waals surface area contributed by atoms with Crippen molar-refractivity contribution in [1.82, 2.24) is 5.32 Å². The zero-order valence-electron chi connectivity index (χ0n) is 14.5. The molecule has 0 fully saturated rings. The lowest BCUT2D eigenvalue weighted by Crippen LogP contribution is -2.33. The van der Waals surface area contributed by atoms with Crippen molar-refractivity contribution in [1.29, 1.82) is 0 Å². The molecule has 1 atom stereocenters. The van der Waals surface area contributed by atoms with Gasteiger partial charge in [0, 0.05) is 11.3 Å². The van der Waals surface area contributed by atoms with Crippen molar-refractivity contribution in [3.63, 3.8) is 0 Å². The largest absolute Gasteiger partial charge is 0.405 e. The van der Waals surface area contributed by atoms with Crippen LogP contribution in [0.2, 0.25) is 0 Å². The Morgan fingerprint density at radius 2 is 1.74 bits per heavy atom. The van der Waals surface area contributed by atoms with E-state index < -0.39 is 18.6 Å². The summed E-state index contributed by atoms with van der Waals surface area (Å²) in [5.74, 6) is -1.17. The maximum atomic E-state index is 12.6. The Balaban J connectivity index is 1.63. The number of aryl methyl sites for hydroxylation is 1. The van der Waals surface area contributed by atoms with E-state index in [0.717, 1.165) is 24.8 Å². The smallest absolute Gasteiger partial charge is 0.343 e. The molecule has 0 spiro atoms. The summed E-state index contributed by atoms with van der Waals surface area (Å²) in [6.45, 7) is -1.38. The van der Waals surface area contributed by atoms with Crippen molar-refractivity contribution >= 4 is 17.5 Å². The molecular weight excluding hydrogens is 357 g/mol. The van der Waals surface area contributed by atoms with Crippen molar-refractivity contribution in [3.8, 4) is 0 Å². The minimum atomic E-state index is -4.46. The van der Waals surface area contributed by atoms with Crippen LogP contribution >= 0.6 is 0 Å². The van der Waals surface area contributed by atoms with Gasteiger partial charge in [-0.2, -0.15) is 13.2 Å². The minimum Gasteiger partial charge on any atom is -0.343 e. The molecule has 1 aliphatic rings. The fourth-order valence-electron chi connectivity index (χ4n) is 3.24. The van der Waals surface area contributed by atoms with Crippen molar-refractivity contribution < 1.29 is 22.8 Å². The van der Waals surface area contributed by atoms with E-state index in [4.69, 9.17) is 0 Å². The summed E-state index contributed by atoms with van der Waals surface area (Å²) >= 11 is 0. The molecule has 0 radical (unpaired) electrons. The molecule has 142 valence electrons. The van der Waals surface area contributed by atoms with Gasteiger partial charge in [0.1, 0.15) is 6.54 Å². The van der Waals surface area contributed by atoms with E-state index in [2.05, 4.69) is 5.32 Å². The summed E-state index contributed by atoms with van der Waals surface area (Å²) in [7, 11) is 0. The maximum Gasteiger partial charge on any atom is 0.405 e. The summed E-state index contributed by atoms with van der Waals surface area (Å²) in [4.78, 5) is 24.4. The Bertz CT molecular complexity index is 832. The predicted molar refractivity (Wildman–Crippen MR) is 95.6 cm³/mol. The minimum absolute atomic E-state index is 0.0975. The van der Waals surface area contributed by atoms with Crippen LogP contribution in [0.1, 0.15) is 40.2 Å². The highest BCUT2D eigenvalue weighted by Crippen LogP contribution is 2.32. The molecule has 3 rings (SSSR count). The van der Waals surface area contributed by atoms with Crippen molar-refractivity contribution in [2.24, 2.45) is 0 Å². The monoisotopic (exact) mass is 376 g/mol. The van der Waals surface area contributed by atoms with Crippen molar-refractivity contribution in [2.45, 2.75) is 31.4 Å². The van der Waals surface area contributed by atoms with Gasteiger partial charge in [-0.3, -0.25) is 9.59 Å². The number of anilines is 1. The number of alkyl halides is 3. The second-order valence-electron chi connectivity index (χ2n) is 6.51. The van der Waals surface area contributed by atoms with E-state index in [9.17, 15) is 22.8 Å². The van der Waals surface area contributed by atoms with Crippen LogP contribution in [-0.4, -0.2) is 24.5 Å². The van der Waals surface area contributed by atoms with Crippen LogP contribution in [0.3, 0.4) is 0 Å². The fraction of sp³-hybridized carbons (Fsp3) is 0.300. The first-order valence-corrected chi connectivity index (χ1v) is 8.67. The molecule has 2 amide bonds. The Morgan fingerprint density at radius 3 is 2.44 bits per heavy atom. The maximum absolute atomic E-state index is 12.6. The number of hydrogen-bond acceptors (Lipinski definition) is 2. The molecule has 0 saturated carbocycles. The van der Waals surface area contributed by atoms with Gasteiger partial charge >= 0.3 is 6.18 Å². The quantitative estimate of drug-likeness (QED) is 0.846. The van der Waals surface area contributed by atoms with E-state index in [1.807, 2.05) is 29.6 Å². The zero-order valence-corrected chi connectivity index (χ0v) is 14.5. The van der Waals surface area contributed by atoms with E-state index in [1.165, 1.54) is 29.8 Å².